The molecule has 0 bridgehead atoms. The summed E-state index contributed by atoms with van der Waals surface area (Å²) in [5, 5.41) is 0.235. The maximum atomic E-state index is 13.7. The van der Waals surface area contributed by atoms with Gasteiger partial charge in [-0.25, -0.2) is 4.39 Å². The highest BCUT2D eigenvalue weighted by molar-refractivity contribution is 6.30. The first-order valence-corrected chi connectivity index (χ1v) is 6.69. The van der Waals surface area contributed by atoms with E-state index in [1.807, 2.05) is 13.0 Å². The molecule has 1 nitrogen and oxygen atoms in total. The molecule has 0 spiro atoms. The Labute approximate surface area is 107 Å². The van der Waals surface area contributed by atoms with Gasteiger partial charge in [-0.3, -0.25) is 0 Å². The van der Waals surface area contributed by atoms with Crippen molar-refractivity contribution in [3.05, 3.63) is 34.1 Å². The van der Waals surface area contributed by atoms with Crippen LogP contribution in [0.25, 0.3) is 0 Å². The van der Waals surface area contributed by atoms with Gasteiger partial charge >= 0.3 is 0 Å². The van der Waals surface area contributed by atoms with E-state index in [4.69, 9.17) is 17.3 Å². The first-order chi connectivity index (χ1) is 8.13. The maximum Gasteiger partial charge on any atom is 0.144 e. The predicted molar refractivity (Wildman–Crippen MR) is 70.0 cm³/mol. The predicted octanol–water partition coefficient (Wildman–Crippen LogP) is 3.81. The molecule has 1 aliphatic rings. The Morgan fingerprint density at radius 1 is 1.35 bits per heavy atom. The monoisotopic (exact) mass is 255 g/mol. The largest absolute Gasteiger partial charge is 0.330 e. The van der Waals surface area contributed by atoms with Crippen LogP contribution in [0, 0.1) is 5.82 Å². The fourth-order valence-electron chi connectivity index (χ4n) is 2.87. The van der Waals surface area contributed by atoms with Gasteiger partial charge in [-0.05, 0) is 36.5 Å². The summed E-state index contributed by atoms with van der Waals surface area (Å²) in [5.41, 5.74) is 7.80. The summed E-state index contributed by atoms with van der Waals surface area (Å²) < 4.78 is 13.7. The Morgan fingerprint density at radius 2 is 2.00 bits per heavy atom. The van der Waals surface area contributed by atoms with Gasteiger partial charge in [-0.1, -0.05) is 37.4 Å². The second-order valence-corrected chi connectivity index (χ2v) is 5.38. The molecule has 0 aromatic heterocycles. The summed E-state index contributed by atoms with van der Waals surface area (Å²) in [6.45, 7) is 2.57. The fraction of sp³-hybridized carbons (Fsp3) is 0.571. The third kappa shape index (κ3) is 2.21. The summed E-state index contributed by atoms with van der Waals surface area (Å²) in [5.74, 6) is -0.275. The lowest BCUT2D eigenvalue weighted by molar-refractivity contribution is 0.451. The van der Waals surface area contributed by atoms with E-state index in [0.717, 1.165) is 18.4 Å². The summed E-state index contributed by atoms with van der Waals surface area (Å²) in [7, 11) is 0. The van der Waals surface area contributed by atoms with Crippen molar-refractivity contribution < 1.29 is 4.39 Å². The van der Waals surface area contributed by atoms with Crippen LogP contribution in [-0.4, -0.2) is 6.54 Å². The highest BCUT2D eigenvalue weighted by Crippen LogP contribution is 2.41. The van der Waals surface area contributed by atoms with Gasteiger partial charge in [0, 0.05) is 12.0 Å². The number of benzene rings is 1. The lowest BCUT2D eigenvalue weighted by atomic mass is 9.78. The molecule has 0 atom stereocenters. The second kappa shape index (κ2) is 4.95. The zero-order valence-corrected chi connectivity index (χ0v) is 11.0. The molecule has 0 aliphatic heterocycles. The number of aryl methyl sites for hydroxylation is 1. The van der Waals surface area contributed by atoms with E-state index in [0.29, 0.717) is 18.5 Å². The van der Waals surface area contributed by atoms with Crippen molar-refractivity contribution in [2.45, 2.75) is 44.4 Å². The van der Waals surface area contributed by atoms with Crippen molar-refractivity contribution >= 4 is 11.6 Å². The van der Waals surface area contributed by atoms with Gasteiger partial charge in [-0.15, -0.1) is 0 Å². The molecule has 94 valence electrons. The molecule has 1 aliphatic carbocycles. The number of hydrogen-bond acceptors (Lipinski definition) is 1. The molecule has 17 heavy (non-hydrogen) atoms. The zero-order chi connectivity index (χ0) is 12.5. The van der Waals surface area contributed by atoms with Gasteiger partial charge in [0.15, 0.2) is 0 Å². The van der Waals surface area contributed by atoms with Gasteiger partial charge in [-0.2, -0.15) is 0 Å². The van der Waals surface area contributed by atoms with Gasteiger partial charge in [0.05, 0.1) is 5.02 Å². The van der Waals surface area contributed by atoms with E-state index in [1.165, 1.54) is 12.8 Å². The maximum absolute atomic E-state index is 13.7. The summed E-state index contributed by atoms with van der Waals surface area (Å²) in [6, 6.07) is 3.73. The molecule has 0 saturated heterocycles. The molecule has 3 heteroatoms. The van der Waals surface area contributed by atoms with E-state index in [2.05, 4.69) is 0 Å². The Hall–Kier alpha value is -0.600. The molecule has 1 aromatic carbocycles. The van der Waals surface area contributed by atoms with Crippen LogP contribution >= 0.6 is 11.6 Å². The number of hydrogen-bond donors (Lipinski definition) is 1. The van der Waals surface area contributed by atoms with E-state index in [1.54, 1.807) is 6.07 Å². The molecule has 0 amide bonds. The average Bonchev–Trinajstić information content (AvgIpc) is 2.82. The van der Waals surface area contributed by atoms with Crippen molar-refractivity contribution in [3.8, 4) is 0 Å². The lowest BCUT2D eigenvalue weighted by Crippen LogP contribution is -2.32. The van der Waals surface area contributed by atoms with E-state index in [-0.39, 0.29) is 16.3 Å². The van der Waals surface area contributed by atoms with Crippen LogP contribution in [0.4, 0.5) is 4.39 Å². The average molecular weight is 256 g/mol. The summed E-state index contributed by atoms with van der Waals surface area (Å²) >= 11 is 5.98. The van der Waals surface area contributed by atoms with Crippen LogP contribution < -0.4 is 5.73 Å². The molecule has 1 saturated carbocycles. The van der Waals surface area contributed by atoms with Gasteiger partial charge in [0.1, 0.15) is 5.82 Å². The Morgan fingerprint density at radius 3 is 2.53 bits per heavy atom. The third-order valence-electron chi connectivity index (χ3n) is 4.05. The molecule has 1 fully saturated rings. The van der Waals surface area contributed by atoms with Crippen molar-refractivity contribution in [2.75, 3.05) is 6.54 Å². The highest BCUT2D eigenvalue weighted by Gasteiger charge is 2.35. The van der Waals surface area contributed by atoms with Crippen molar-refractivity contribution in [3.63, 3.8) is 0 Å². The first kappa shape index (κ1) is 12.8. The van der Waals surface area contributed by atoms with Gasteiger partial charge < -0.3 is 5.73 Å². The SMILES string of the molecule is CCc1cc(C2(CN)CCCC2)cc(Cl)c1F. The van der Waals surface area contributed by atoms with Crippen LogP contribution in [-0.2, 0) is 11.8 Å². The second-order valence-electron chi connectivity index (χ2n) is 4.98. The zero-order valence-electron chi connectivity index (χ0n) is 10.2. The van der Waals surface area contributed by atoms with E-state index >= 15 is 0 Å². The van der Waals surface area contributed by atoms with Crippen LogP contribution in [0.3, 0.4) is 0 Å². The lowest BCUT2D eigenvalue weighted by Gasteiger charge is -2.28. The molecule has 0 heterocycles. The Balaban J connectivity index is 2.48. The van der Waals surface area contributed by atoms with Gasteiger partial charge in [0.25, 0.3) is 0 Å². The van der Waals surface area contributed by atoms with Crippen LogP contribution in [0.2, 0.25) is 5.02 Å². The smallest absolute Gasteiger partial charge is 0.144 e. The number of halogens is 2. The fourth-order valence-corrected chi connectivity index (χ4v) is 3.11. The van der Waals surface area contributed by atoms with E-state index < -0.39 is 0 Å². The first-order valence-electron chi connectivity index (χ1n) is 6.31. The highest BCUT2D eigenvalue weighted by atomic mass is 35.5. The molecule has 2 rings (SSSR count). The van der Waals surface area contributed by atoms with Crippen LogP contribution in [0.1, 0.15) is 43.7 Å². The minimum atomic E-state index is -0.275. The number of rotatable bonds is 3. The Kier molecular flexibility index (Phi) is 3.74. The molecular weight excluding hydrogens is 237 g/mol. The standard InChI is InChI=1S/C14H19ClFN/c1-2-10-7-11(8-12(15)13(10)16)14(9-17)5-3-4-6-14/h7-8H,2-6,9,17H2,1H3. The molecule has 1 aromatic rings. The molecule has 0 radical (unpaired) electrons. The van der Waals surface area contributed by atoms with Crippen LogP contribution in [0.5, 0.6) is 0 Å². The summed E-state index contributed by atoms with van der Waals surface area (Å²) in [6.07, 6.45) is 5.25. The van der Waals surface area contributed by atoms with Crippen molar-refractivity contribution in [1.29, 1.82) is 0 Å². The normalized spacial score (nSPS) is 18.6. The summed E-state index contributed by atoms with van der Waals surface area (Å²) in [4.78, 5) is 0. The number of nitrogens with two attached hydrogens (primary N) is 1. The van der Waals surface area contributed by atoms with Crippen molar-refractivity contribution in [2.24, 2.45) is 5.73 Å². The minimum Gasteiger partial charge on any atom is -0.330 e. The topological polar surface area (TPSA) is 26.0 Å². The minimum absolute atomic E-state index is 0.0290. The van der Waals surface area contributed by atoms with Crippen LogP contribution in [0.15, 0.2) is 12.1 Å². The van der Waals surface area contributed by atoms with Crippen molar-refractivity contribution in [1.82, 2.24) is 0 Å². The Bertz CT molecular complexity index is 411. The molecule has 0 unspecified atom stereocenters. The van der Waals surface area contributed by atoms with E-state index in [9.17, 15) is 4.39 Å². The molecular formula is C14H19ClFN. The van der Waals surface area contributed by atoms with Gasteiger partial charge in [0.2, 0.25) is 0 Å². The molecule has 2 N–H and O–H groups in total. The quantitative estimate of drug-likeness (QED) is 0.873. The third-order valence-corrected chi connectivity index (χ3v) is 4.32.